The fourth-order valence-corrected chi connectivity index (χ4v) is 6.12. The molecule has 5 atom stereocenters. The Morgan fingerprint density at radius 3 is 2.43 bits per heavy atom. The van der Waals surface area contributed by atoms with E-state index in [4.69, 9.17) is 16.3 Å². The predicted octanol–water partition coefficient (Wildman–Crippen LogP) is 4.20. The molecule has 5 rings (SSSR count). The highest BCUT2D eigenvalue weighted by Gasteiger charge is 2.59. The summed E-state index contributed by atoms with van der Waals surface area (Å²) >= 11 is 6.01. The molecule has 6 heteroatoms. The number of hydrogen-bond acceptors (Lipinski definition) is 3. The summed E-state index contributed by atoms with van der Waals surface area (Å²) in [5, 5.41) is 13.6. The molecule has 152 valence electrons. The Bertz CT molecular complexity index is 805. The summed E-state index contributed by atoms with van der Waals surface area (Å²) in [4.78, 5) is 25.0. The van der Waals surface area contributed by atoms with E-state index < -0.39 is 17.0 Å². The zero-order valence-electron chi connectivity index (χ0n) is 16.6. The first-order chi connectivity index (χ1) is 13.1. The SMILES string of the molecule is Cc1cc(Cl)ccc1OC(C)(C)C(=O)N[C@H]1[C@@H]2CC3C[C@H]1C[C@](C(=O)O)(C3)C2. The van der Waals surface area contributed by atoms with E-state index >= 15 is 0 Å². The minimum atomic E-state index is -1.03. The van der Waals surface area contributed by atoms with Gasteiger partial charge in [-0.2, -0.15) is 0 Å². The monoisotopic (exact) mass is 405 g/mol. The Balaban J connectivity index is 1.47. The fourth-order valence-electron chi connectivity index (χ4n) is 5.90. The number of carboxylic acid groups (broad SMARTS) is 1. The van der Waals surface area contributed by atoms with E-state index in [1.165, 1.54) is 0 Å². The summed E-state index contributed by atoms with van der Waals surface area (Å²) < 4.78 is 6.04. The molecule has 4 fully saturated rings. The molecule has 4 saturated carbocycles. The van der Waals surface area contributed by atoms with Gasteiger partial charge >= 0.3 is 5.97 Å². The molecular weight excluding hydrogens is 378 g/mol. The van der Waals surface area contributed by atoms with Crippen molar-refractivity contribution in [1.82, 2.24) is 5.32 Å². The van der Waals surface area contributed by atoms with E-state index in [0.29, 0.717) is 29.5 Å². The number of ether oxygens (including phenoxy) is 1. The molecule has 1 amide bonds. The van der Waals surface area contributed by atoms with E-state index in [0.717, 1.165) is 24.8 Å². The van der Waals surface area contributed by atoms with Crippen molar-refractivity contribution in [3.63, 3.8) is 0 Å². The Kier molecular flexibility index (Phi) is 4.65. The van der Waals surface area contributed by atoms with Crippen LogP contribution in [0.5, 0.6) is 5.75 Å². The van der Waals surface area contributed by atoms with Crippen LogP contribution in [0.4, 0.5) is 0 Å². The van der Waals surface area contributed by atoms with Gasteiger partial charge in [0.05, 0.1) is 5.41 Å². The number of benzene rings is 1. The number of halogens is 1. The van der Waals surface area contributed by atoms with Crippen LogP contribution >= 0.6 is 11.6 Å². The molecule has 4 aliphatic rings. The normalized spacial score (nSPS) is 33.6. The smallest absolute Gasteiger partial charge is 0.309 e. The predicted molar refractivity (Wildman–Crippen MR) is 106 cm³/mol. The topological polar surface area (TPSA) is 75.6 Å². The Morgan fingerprint density at radius 2 is 1.86 bits per heavy atom. The van der Waals surface area contributed by atoms with E-state index in [1.54, 1.807) is 26.0 Å². The molecule has 1 aromatic carbocycles. The summed E-state index contributed by atoms with van der Waals surface area (Å²) in [5.41, 5.74) is -0.714. The summed E-state index contributed by atoms with van der Waals surface area (Å²) in [5.74, 6) is 0.822. The maximum Gasteiger partial charge on any atom is 0.309 e. The summed E-state index contributed by atoms with van der Waals surface area (Å²) in [6, 6.07) is 5.40. The van der Waals surface area contributed by atoms with Crippen LogP contribution in [0, 0.1) is 30.1 Å². The zero-order chi connectivity index (χ0) is 20.3. The molecule has 1 unspecified atom stereocenters. The third-order valence-corrected chi connectivity index (χ3v) is 7.31. The number of hydrogen-bond donors (Lipinski definition) is 2. The quantitative estimate of drug-likeness (QED) is 0.769. The van der Waals surface area contributed by atoms with Crippen molar-refractivity contribution < 1.29 is 19.4 Å². The summed E-state index contributed by atoms with van der Waals surface area (Å²) in [7, 11) is 0. The van der Waals surface area contributed by atoms with Gasteiger partial charge in [-0.25, -0.2) is 0 Å². The molecule has 0 saturated heterocycles. The van der Waals surface area contributed by atoms with Gasteiger partial charge in [0.25, 0.3) is 5.91 Å². The lowest BCUT2D eigenvalue weighted by Crippen LogP contribution is -2.63. The Morgan fingerprint density at radius 1 is 1.21 bits per heavy atom. The summed E-state index contributed by atoms with van der Waals surface area (Å²) in [6.07, 6.45) is 4.21. The number of rotatable bonds is 5. The van der Waals surface area contributed by atoms with Crippen molar-refractivity contribution in [2.75, 3.05) is 0 Å². The molecule has 0 aromatic heterocycles. The number of aryl methyl sites for hydroxylation is 1. The lowest BCUT2D eigenvalue weighted by atomic mass is 9.48. The number of nitrogens with one attached hydrogen (secondary N) is 1. The number of aliphatic carboxylic acids is 1. The fraction of sp³-hybridized carbons (Fsp3) is 0.636. The first kappa shape index (κ1) is 19.6. The minimum absolute atomic E-state index is 0.0470. The van der Waals surface area contributed by atoms with Gasteiger partial charge in [0.15, 0.2) is 5.60 Å². The average Bonchev–Trinajstić information content (AvgIpc) is 2.59. The minimum Gasteiger partial charge on any atom is -0.481 e. The van der Waals surface area contributed by atoms with Crippen LogP contribution in [-0.4, -0.2) is 28.6 Å². The van der Waals surface area contributed by atoms with Crippen LogP contribution in [0.3, 0.4) is 0 Å². The second kappa shape index (κ2) is 6.65. The summed E-state index contributed by atoms with van der Waals surface area (Å²) in [6.45, 7) is 5.44. The Labute approximate surface area is 170 Å². The van der Waals surface area contributed by atoms with Crippen LogP contribution in [0.1, 0.15) is 51.5 Å². The van der Waals surface area contributed by atoms with Crippen molar-refractivity contribution in [1.29, 1.82) is 0 Å². The lowest BCUT2D eigenvalue weighted by molar-refractivity contribution is -0.168. The van der Waals surface area contributed by atoms with Gasteiger partial charge in [-0.15, -0.1) is 0 Å². The van der Waals surface area contributed by atoms with Crippen LogP contribution in [-0.2, 0) is 9.59 Å². The average molecular weight is 406 g/mol. The van der Waals surface area contributed by atoms with Gasteiger partial charge in [-0.1, -0.05) is 11.6 Å². The molecule has 2 N–H and O–H groups in total. The van der Waals surface area contributed by atoms with Crippen molar-refractivity contribution >= 4 is 23.5 Å². The van der Waals surface area contributed by atoms with Crippen molar-refractivity contribution in [2.45, 2.75) is 64.5 Å². The van der Waals surface area contributed by atoms with Crippen LogP contribution in [0.2, 0.25) is 5.02 Å². The molecule has 4 bridgehead atoms. The second-order valence-corrected chi connectivity index (χ2v) is 10.0. The third-order valence-electron chi connectivity index (χ3n) is 7.07. The highest BCUT2D eigenvalue weighted by Crippen LogP contribution is 2.60. The van der Waals surface area contributed by atoms with Crippen molar-refractivity contribution in [2.24, 2.45) is 23.2 Å². The molecule has 5 nitrogen and oxygen atoms in total. The first-order valence-corrected chi connectivity index (χ1v) is 10.5. The van der Waals surface area contributed by atoms with Gasteiger partial charge in [0, 0.05) is 11.1 Å². The maximum absolute atomic E-state index is 13.1. The maximum atomic E-state index is 13.1. The van der Waals surface area contributed by atoms with Gasteiger partial charge < -0.3 is 15.2 Å². The molecule has 0 spiro atoms. The van der Waals surface area contributed by atoms with Crippen molar-refractivity contribution in [3.8, 4) is 5.75 Å². The van der Waals surface area contributed by atoms with Crippen LogP contribution in [0.25, 0.3) is 0 Å². The second-order valence-electron chi connectivity index (χ2n) is 9.58. The first-order valence-electron chi connectivity index (χ1n) is 10.1. The highest BCUT2D eigenvalue weighted by atomic mass is 35.5. The van der Waals surface area contributed by atoms with Gasteiger partial charge in [-0.05, 0) is 94.4 Å². The number of carbonyl (C=O) groups is 2. The van der Waals surface area contributed by atoms with E-state index in [1.807, 2.05) is 13.0 Å². The van der Waals surface area contributed by atoms with E-state index in [-0.39, 0.29) is 23.8 Å². The molecule has 4 aliphatic carbocycles. The molecular formula is C22H28ClNO4. The molecule has 0 radical (unpaired) electrons. The van der Waals surface area contributed by atoms with Gasteiger partial charge in [0.1, 0.15) is 5.75 Å². The Hall–Kier alpha value is -1.75. The van der Waals surface area contributed by atoms with E-state index in [9.17, 15) is 14.7 Å². The van der Waals surface area contributed by atoms with Gasteiger partial charge in [-0.3, -0.25) is 9.59 Å². The highest BCUT2D eigenvalue weighted by molar-refractivity contribution is 6.30. The molecule has 0 heterocycles. The number of amides is 1. The van der Waals surface area contributed by atoms with Gasteiger partial charge in [0.2, 0.25) is 0 Å². The third kappa shape index (κ3) is 3.28. The standard InChI is InChI=1S/C22H28ClNO4/c1-12-6-16(23)4-5-17(12)28-21(2,3)19(25)24-18-14-7-13-8-15(18)11-22(9-13,10-14)20(26)27/h4-6,13-15,18H,7-11H2,1-3H3,(H,24,25)(H,26,27)/t13?,14-,15+,18+,22+. The van der Waals surface area contributed by atoms with E-state index in [2.05, 4.69) is 5.32 Å². The number of carbonyl (C=O) groups excluding carboxylic acids is 1. The molecule has 28 heavy (non-hydrogen) atoms. The van der Waals surface area contributed by atoms with Crippen LogP contribution < -0.4 is 10.1 Å². The molecule has 1 aromatic rings. The number of carboxylic acids is 1. The van der Waals surface area contributed by atoms with Crippen LogP contribution in [0.15, 0.2) is 18.2 Å². The lowest BCUT2D eigenvalue weighted by Gasteiger charge is -2.58. The molecule has 0 aliphatic heterocycles. The van der Waals surface area contributed by atoms with Crippen molar-refractivity contribution in [3.05, 3.63) is 28.8 Å². The largest absolute Gasteiger partial charge is 0.481 e. The zero-order valence-corrected chi connectivity index (χ0v) is 17.4.